The molecule has 0 bridgehead atoms. The van der Waals surface area contributed by atoms with Gasteiger partial charge in [-0.2, -0.15) is 0 Å². The number of carbonyl (C=O) groups is 1. The van der Waals surface area contributed by atoms with Gasteiger partial charge in [-0.25, -0.2) is 17.2 Å². The van der Waals surface area contributed by atoms with Crippen molar-refractivity contribution >= 4 is 21.6 Å². The Labute approximate surface area is 197 Å². The second kappa shape index (κ2) is 11.0. The number of rotatable bonds is 10. The molecule has 0 unspecified atom stereocenters. The highest BCUT2D eigenvalue weighted by molar-refractivity contribution is 7.92. The highest BCUT2D eigenvalue weighted by Gasteiger charge is 2.19. The zero-order valence-electron chi connectivity index (χ0n) is 18.6. The Bertz CT molecular complexity index is 1250. The van der Waals surface area contributed by atoms with Gasteiger partial charge in [0, 0.05) is 17.7 Å². The second-order valence-electron chi connectivity index (χ2n) is 7.35. The number of benzene rings is 3. The summed E-state index contributed by atoms with van der Waals surface area (Å²) in [5.74, 6) is -1.24. The van der Waals surface area contributed by atoms with Gasteiger partial charge in [0.25, 0.3) is 5.91 Å². The van der Waals surface area contributed by atoms with E-state index < -0.39 is 21.7 Å². The summed E-state index contributed by atoms with van der Waals surface area (Å²) in [6.45, 7) is 0.421. The van der Waals surface area contributed by atoms with Gasteiger partial charge < -0.3 is 14.8 Å². The fourth-order valence-corrected chi connectivity index (χ4v) is 3.97. The number of halogens is 2. The molecule has 7 nitrogen and oxygen atoms in total. The molecule has 0 aliphatic carbocycles. The number of nitrogens with one attached hydrogen (secondary N) is 1. The first-order chi connectivity index (χ1) is 16.2. The fraction of sp³-hybridized carbons (Fsp3) is 0.208. The first-order valence-electron chi connectivity index (χ1n) is 10.2. The summed E-state index contributed by atoms with van der Waals surface area (Å²) in [5, 5.41) is 2.74. The number of carbonyl (C=O) groups excluding carboxylic acids is 1. The van der Waals surface area contributed by atoms with Crippen LogP contribution < -0.4 is 19.1 Å². The van der Waals surface area contributed by atoms with Crippen LogP contribution in [0.5, 0.6) is 11.5 Å². The van der Waals surface area contributed by atoms with E-state index in [-0.39, 0.29) is 31.3 Å². The van der Waals surface area contributed by atoms with Crippen LogP contribution >= 0.6 is 0 Å². The van der Waals surface area contributed by atoms with Crippen molar-refractivity contribution in [3.05, 3.63) is 89.5 Å². The summed E-state index contributed by atoms with van der Waals surface area (Å²) in [7, 11) is -2.21. The predicted molar refractivity (Wildman–Crippen MR) is 125 cm³/mol. The van der Waals surface area contributed by atoms with E-state index in [0.717, 1.165) is 22.7 Å². The molecular weight excluding hydrogens is 466 g/mol. The molecule has 0 fully saturated rings. The zero-order chi connectivity index (χ0) is 24.7. The van der Waals surface area contributed by atoms with Gasteiger partial charge in [-0.1, -0.05) is 18.2 Å². The van der Waals surface area contributed by atoms with E-state index >= 15 is 0 Å². The van der Waals surface area contributed by atoms with Crippen LogP contribution in [0, 0.1) is 11.6 Å². The molecule has 3 aromatic carbocycles. The molecule has 0 aliphatic heterocycles. The molecule has 0 saturated carbocycles. The van der Waals surface area contributed by atoms with Crippen LogP contribution in [-0.2, 0) is 16.6 Å². The van der Waals surface area contributed by atoms with Crippen LogP contribution in [0.25, 0.3) is 0 Å². The van der Waals surface area contributed by atoms with Crippen molar-refractivity contribution in [2.75, 3.05) is 30.8 Å². The third-order valence-corrected chi connectivity index (χ3v) is 5.97. The minimum absolute atomic E-state index is 0.000689. The lowest BCUT2D eigenvalue weighted by Gasteiger charge is -2.22. The smallest absolute Gasteiger partial charge is 0.251 e. The Morgan fingerprint density at radius 2 is 1.68 bits per heavy atom. The SMILES string of the molecule is COc1cccc(OCCNC(=O)c2ccc(CN(c3ccc(F)c(F)c3)S(C)(=O)=O)cc2)c1. The molecule has 0 atom stereocenters. The number of methoxy groups -OCH3 is 1. The summed E-state index contributed by atoms with van der Waals surface area (Å²) in [5.41, 5.74) is 0.941. The number of hydrogen-bond acceptors (Lipinski definition) is 5. The van der Waals surface area contributed by atoms with Crippen molar-refractivity contribution in [1.29, 1.82) is 0 Å². The fourth-order valence-electron chi connectivity index (χ4n) is 3.09. The Balaban J connectivity index is 1.58. The summed E-state index contributed by atoms with van der Waals surface area (Å²) in [6.07, 6.45) is 0.976. The molecule has 3 rings (SSSR count). The van der Waals surface area contributed by atoms with Gasteiger partial charge in [0.2, 0.25) is 10.0 Å². The van der Waals surface area contributed by atoms with Gasteiger partial charge in [0.15, 0.2) is 11.6 Å². The highest BCUT2D eigenvalue weighted by atomic mass is 32.2. The quantitative estimate of drug-likeness (QED) is 0.438. The monoisotopic (exact) mass is 490 g/mol. The van der Waals surface area contributed by atoms with E-state index in [1.54, 1.807) is 55.6 Å². The van der Waals surface area contributed by atoms with Crippen LogP contribution in [0.3, 0.4) is 0 Å². The third-order valence-electron chi connectivity index (χ3n) is 4.83. The van der Waals surface area contributed by atoms with E-state index in [4.69, 9.17) is 9.47 Å². The van der Waals surface area contributed by atoms with Crippen molar-refractivity contribution < 1.29 is 31.5 Å². The van der Waals surface area contributed by atoms with E-state index in [9.17, 15) is 22.0 Å². The predicted octanol–water partition coefficient (Wildman–Crippen LogP) is 3.75. The lowest BCUT2D eigenvalue weighted by molar-refractivity contribution is 0.0947. The maximum absolute atomic E-state index is 13.6. The molecule has 0 heterocycles. The van der Waals surface area contributed by atoms with Crippen molar-refractivity contribution in [2.45, 2.75) is 6.54 Å². The Kier molecular flexibility index (Phi) is 8.06. The van der Waals surface area contributed by atoms with Gasteiger partial charge in [-0.3, -0.25) is 9.10 Å². The van der Waals surface area contributed by atoms with Gasteiger partial charge >= 0.3 is 0 Å². The zero-order valence-corrected chi connectivity index (χ0v) is 19.4. The minimum Gasteiger partial charge on any atom is -0.497 e. The van der Waals surface area contributed by atoms with Gasteiger partial charge in [0.05, 0.1) is 32.1 Å². The van der Waals surface area contributed by atoms with E-state index in [0.29, 0.717) is 22.6 Å². The first kappa shape index (κ1) is 25.0. The standard InChI is InChI=1S/C24H24F2N2O5S/c1-32-20-4-3-5-21(15-20)33-13-12-27-24(29)18-8-6-17(7-9-18)16-28(34(2,30)31)19-10-11-22(25)23(26)14-19/h3-11,14-15H,12-13,16H2,1-2H3,(H,27,29). The van der Waals surface area contributed by atoms with E-state index in [1.807, 2.05) is 0 Å². The summed E-state index contributed by atoms with van der Waals surface area (Å²) < 4.78 is 63.0. The van der Waals surface area contributed by atoms with Crippen LogP contribution in [0.15, 0.2) is 66.7 Å². The molecule has 1 amide bonds. The summed E-state index contributed by atoms with van der Waals surface area (Å²) >= 11 is 0. The van der Waals surface area contributed by atoms with Gasteiger partial charge in [0.1, 0.15) is 18.1 Å². The minimum atomic E-state index is -3.77. The maximum atomic E-state index is 13.6. The van der Waals surface area contributed by atoms with E-state index in [2.05, 4.69) is 5.32 Å². The van der Waals surface area contributed by atoms with Crippen molar-refractivity contribution in [2.24, 2.45) is 0 Å². The molecule has 0 saturated heterocycles. The summed E-state index contributed by atoms with van der Waals surface area (Å²) in [4.78, 5) is 12.4. The summed E-state index contributed by atoms with van der Waals surface area (Å²) in [6, 6.07) is 16.3. The average Bonchev–Trinajstić information content (AvgIpc) is 2.82. The second-order valence-corrected chi connectivity index (χ2v) is 9.26. The lowest BCUT2D eigenvalue weighted by Crippen LogP contribution is -2.30. The molecule has 180 valence electrons. The highest BCUT2D eigenvalue weighted by Crippen LogP contribution is 2.23. The van der Waals surface area contributed by atoms with E-state index in [1.165, 1.54) is 6.07 Å². The Morgan fingerprint density at radius 1 is 0.971 bits per heavy atom. The average molecular weight is 491 g/mol. The lowest BCUT2D eigenvalue weighted by atomic mass is 10.1. The number of sulfonamides is 1. The molecule has 0 aliphatic rings. The van der Waals surface area contributed by atoms with Crippen molar-refractivity contribution in [3.63, 3.8) is 0 Å². The molecule has 10 heteroatoms. The molecule has 0 spiro atoms. The largest absolute Gasteiger partial charge is 0.497 e. The number of nitrogens with zero attached hydrogens (tertiary/aromatic N) is 1. The number of hydrogen-bond donors (Lipinski definition) is 1. The van der Waals surface area contributed by atoms with Crippen LogP contribution in [0.4, 0.5) is 14.5 Å². The topological polar surface area (TPSA) is 84.9 Å². The van der Waals surface area contributed by atoms with Gasteiger partial charge in [-0.05, 0) is 42.0 Å². The van der Waals surface area contributed by atoms with Crippen molar-refractivity contribution in [3.8, 4) is 11.5 Å². The number of anilines is 1. The number of ether oxygens (including phenoxy) is 2. The maximum Gasteiger partial charge on any atom is 0.251 e. The van der Waals surface area contributed by atoms with Crippen LogP contribution in [0.2, 0.25) is 0 Å². The number of amides is 1. The Hall–Kier alpha value is -3.66. The van der Waals surface area contributed by atoms with Crippen LogP contribution in [0.1, 0.15) is 15.9 Å². The van der Waals surface area contributed by atoms with Gasteiger partial charge in [-0.15, -0.1) is 0 Å². The molecule has 0 radical (unpaired) electrons. The molecule has 1 N–H and O–H groups in total. The van der Waals surface area contributed by atoms with Crippen molar-refractivity contribution in [1.82, 2.24) is 5.32 Å². The molecule has 34 heavy (non-hydrogen) atoms. The normalized spacial score (nSPS) is 11.1. The Morgan fingerprint density at radius 3 is 2.32 bits per heavy atom. The molecule has 0 aromatic heterocycles. The third kappa shape index (κ3) is 6.67. The van der Waals surface area contributed by atoms with Crippen LogP contribution in [-0.4, -0.2) is 40.8 Å². The first-order valence-corrected chi connectivity index (χ1v) is 12.1. The molecular formula is C24H24F2N2O5S. The molecule has 3 aromatic rings.